The van der Waals surface area contributed by atoms with E-state index in [1.165, 1.54) is 7.11 Å². The largest absolute Gasteiger partial charge is 0.495 e. The molecule has 1 heterocycles. The first-order valence-corrected chi connectivity index (χ1v) is 8.75. The average Bonchev–Trinajstić information content (AvgIpc) is 2.73. The summed E-state index contributed by atoms with van der Waals surface area (Å²) in [5, 5.41) is 2.89. The van der Waals surface area contributed by atoms with Gasteiger partial charge in [-0.15, -0.1) is 0 Å². The number of esters is 1. The van der Waals surface area contributed by atoms with Gasteiger partial charge in [-0.1, -0.05) is 24.3 Å². The highest BCUT2D eigenvalue weighted by Crippen LogP contribution is 2.25. The Hall–Kier alpha value is -3.22. The van der Waals surface area contributed by atoms with Gasteiger partial charge in [0.1, 0.15) is 5.75 Å². The molecular formula is C20H23N3O4. The summed E-state index contributed by atoms with van der Waals surface area (Å²) in [6, 6.07) is 14.5. The molecule has 2 aromatic carbocycles. The molecule has 0 unspecified atom stereocenters. The third-order valence-electron chi connectivity index (χ3n) is 4.57. The van der Waals surface area contributed by atoms with E-state index in [1.807, 2.05) is 30.3 Å². The van der Waals surface area contributed by atoms with Crippen LogP contribution in [0.2, 0.25) is 0 Å². The van der Waals surface area contributed by atoms with Crippen molar-refractivity contribution in [1.82, 2.24) is 4.90 Å². The van der Waals surface area contributed by atoms with Gasteiger partial charge < -0.3 is 24.6 Å². The fourth-order valence-electron chi connectivity index (χ4n) is 3.12. The summed E-state index contributed by atoms with van der Waals surface area (Å²) in [5.41, 5.74) is 2.00. The summed E-state index contributed by atoms with van der Waals surface area (Å²) in [7, 11) is 2.95. The maximum atomic E-state index is 12.6. The van der Waals surface area contributed by atoms with Crippen molar-refractivity contribution in [3.63, 3.8) is 0 Å². The van der Waals surface area contributed by atoms with Gasteiger partial charge in [0.2, 0.25) is 0 Å². The fraction of sp³-hybridized carbons (Fsp3) is 0.300. The van der Waals surface area contributed by atoms with Gasteiger partial charge in [0.25, 0.3) is 0 Å². The molecule has 0 saturated carbocycles. The van der Waals surface area contributed by atoms with Crippen LogP contribution in [0.4, 0.5) is 16.2 Å². The topological polar surface area (TPSA) is 71.1 Å². The van der Waals surface area contributed by atoms with Crippen molar-refractivity contribution in [2.45, 2.75) is 0 Å². The molecule has 0 spiro atoms. The number of para-hydroxylation sites is 3. The fourth-order valence-corrected chi connectivity index (χ4v) is 3.12. The molecule has 2 aromatic rings. The van der Waals surface area contributed by atoms with E-state index in [4.69, 9.17) is 9.47 Å². The Morgan fingerprint density at radius 1 is 0.926 bits per heavy atom. The predicted octanol–water partition coefficient (Wildman–Crippen LogP) is 2.84. The molecule has 7 nitrogen and oxygen atoms in total. The van der Waals surface area contributed by atoms with Crippen LogP contribution in [0.1, 0.15) is 10.4 Å². The van der Waals surface area contributed by atoms with E-state index in [9.17, 15) is 9.59 Å². The van der Waals surface area contributed by atoms with Crippen molar-refractivity contribution in [2.24, 2.45) is 0 Å². The second-order valence-electron chi connectivity index (χ2n) is 6.11. The molecule has 3 rings (SSSR count). The highest BCUT2D eigenvalue weighted by molar-refractivity contribution is 5.96. The van der Waals surface area contributed by atoms with Gasteiger partial charge in [0.05, 0.1) is 31.2 Å². The van der Waals surface area contributed by atoms with E-state index in [1.54, 1.807) is 30.2 Å². The quantitative estimate of drug-likeness (QED) is 0.839. The van der Waals surface area contributed by atoms with Gasteiger partial charge in [-0.2, -0.15) is 0 Å². The Labute approximate surface area is 158 Å². The van der Waals surface area contributed by atoms with E-state index in [0.29, 0.717) is 43.2 Å². The zero-order valence-electron chi connectivity index (χ0n) is 15.5. The molecule has 1 aliphatic rings. The van der Waals surface area contributed by atoms with Gasteiger partial charge in [-0.25, -0.2) is 9.59 Å². The lowest BCUT2D eigenvalue weighted by Crippen LogP contribution is -2.50. The Morgan fingerprint density at radius 2 is 1.59 bits per heavy atom. The van der Waals surface area contributed by atoms with Crippen LogP contribution in [0, 0.1) is 0 Å². The van der Waals surface area contributed by atoms with Crippen LogP contribution < -0.4 is 15.0 Å². The molecule has 1 N–H and O–H groups in total. The first kappa shape index (κ1) is 18.6. The highest BCUT2D eigenvalue weighted by atomic mass is 16.5. The lowest BCUT2D eigenvalue weighted by Gasteiger charge is -2.36. The smallest absolute Gasteiger partial charge is 0.339 e. The maximum Gasteiger partial charge on any atom is 0.339 e. The third kappa shape index (κ3) is 4.13. The second kappa shape index (κ2) is 8.44. The Balaban J connectivity index is 1.64. The molecule has 0 aromatic heterocycles. The lowest BCUT2D eigenvalue weighted by molar-refractivity contribution is 0.0601. The molecule has 1 saturated heterocycles. The second-order valence-corrected chi connectivity index (χ2v) is 6.11. The van der Waals surface area contributed by atoms with E-state index < -0.39 is 0 Å². The molecule has 0 aliphatic carbocycles. The Morgan fingerprint density at radius 3 is 2.30 bits per heavy atom. The number of ether oxygens (including phenoxy) is 2. The number of rotatable bonds is 4. The van der Waals surface area contributed by atoms with Crippen LogP contribution >= 0.6 is 0 Å². The standard InChI is InChI=1S/C20H23N3O4/c1-26-18-10-6-4-8-16(18)21-20(25)23-13-11-22(12-14-23)17-9-5-3-7-15(17)19(24)27-2/h3-10H,11-14H2,1-2H3,(H,21,25). The van der Waals surface area contributed by atoms with Gasteiger partial charge in [-0.05, 0) is 24.3 Å². The molecule has 1 aliphatic heterocycles. The van der Waals surface area contributed by atoms with E-state index in [2.05, 4.69) is 10.2 Å². The number of nitrogens with one attached hydrogen (secondary N) is 1. The number of amides is 2. The highest BCUT2D eigenvalue weighted by Gasteiger charge is 2.24. The first-order valence-electron chi connectivity index (χ1n) is 8.75. The minimum atomic E-state index is -0.359. The van der Waals surface area contributed by atoms with E-state index >= 15 is 0 Å². The van der Waals surface area contributed by atoms with Crippen molar-refractivity contribution >= 4 is 23.4 Å². The van der Waals surface area contributed by atoms with Gasteiger partial charge in [0, 0.05) is 26.2 Å². The number of anilines is 2. The summed E-state index contributed by atoms with van der Waals surface area (Å²) in [6.45, 7) is 2.37. The number of hydrogen-bond acceptors (Lipinski definition) is 5. The summed E-state index contributed by atoms with van der Waals surface area (Å²) in [4.78, 5) is 28.4. The van der Waals surface area contributed by atoms with Crippen molar-refractivity contribution in [2.75, 3.05) is 50.6 Å². The third-order valence-corrected chi connectivity index (χ3v) is 4.57. The van der Waals surface area contributed by atoms with Crippen LogP contribution in [0.3, 0.4) is 0 Å². The van der Waals surface area contributed by atoms with E-state index in [0.717, 1.165) is 5.69 Å². The van der Waals surface area contributed by atoms with Crippen LogP contribution in [0.5, 0.6) is 5.75 Å². The van der Waals surface area contributed by atoms with Crippen molar-refractivity contribution < 1.29 is 19.1 Å². The summed E-state index contributed by atoms with van der Waals surface area (Å²) in [6.07, 6.45) is 0. The molecule has 0 bridgehead atoms. The minimum Gasteiger partial charge on any atom is -0.495 e. The molecule has 27 heavy (non-hydrogen) atoms. The molecule has 142 valence electrons. The van der Waals surface area contributed by atoms with Gasteiger partial charge in [-0.3, -0.25) is 0 Å². The normalized spacial score (nSPS) is 13.9. The molecule has 0 atom stereocenters. The molecule has 2 amide bonds. The zero-order chi connectivity index (χ0) is 19.2. The summed E-state index contributed by atoms with van der Waals surface area (Å²) >= 11 is 0. The minimum absolute atomic E-state index is 0.166. The number of carbonyl (C=O) groups excluding carboxylic acids is 2. The Kier molecular flexibility index (Phi) is 5.80. The first-order chi connectivity index (χ1) is 13.1. The summed E-state index contributed by atoms with van der Waals surface area (Å²) in [5.74, 6) is 0.262. The number of benzene rings is 2. The number of urea groups is 1. The summed E-state index contributed by atoms with van der Waals surface area (Å²) < 4.78 is 10.1. The van der Waals surface area contributed by atoms with Crippen LogP contribution in [-0.4, -0.2) is 57.3 Å². The molecular weight excluding hydrogens is 346 g/mol. The van der Waals surface area contributed by atoms with Crippen LogP contribution in [-0.2, 0) is 4.74 Å². The molecule has 1 fully saturated rings. The van der Waals surface area contributed by atoms with Crippen LogP contribution in [0.25, 0.3) is 0 Å². The Bertz CT molecular complexity index is 816. The van der Waals surface area contributed by atoms with Crippen LogP contribution in [0.15, 0.2) is 48.5 Å². The van der Waals surface area contributed by atoms with Gasteiger partial charge >= 0.3 is 12.0 Å². The van der Waals surface area contributed by atoms with Gasteiger partial charge in [0.15, 0.2) is 0 Å². The van der Waals surface area contributed by atoms with Crippen molar-refractivity contribution in [3.05, 3.63) is 54.1 Å². The van der Waals surface area contributed by atoms with E-state index in [-0.39, 0.29) is 12.0 Å². The zero-order valence-corrected chi connectivity index (χ0v) is 15.5. The SMILES string of the molecule is COC(=O)c1ccccc1N1CCN(C(=O)Nc2ccccc2OC)CC1. The lowest BCUT2D eigenvalue weighted by atomic mass is 10.1. The predicted molar refractivity (Wildman–Crippen MR) is 104 cm³/mol. The number of nitrogens with zero attached hydrogens (tertiary/aromatic N) is 2. The van der Waals surface area contributed by atoms with Crippen molar-refractivity contribution in [1.29, 1.82) is 0 Å². The number of piperazine rings is 1. The maximum absolute atomic E-state index is 12.6. The molecule has 0 radical (unpaired) electrons. The molecule has 7 heteroatoms. The van der Waals surface area contributed by atoms with Crippen molar-refractivity contribution in [3.8, 4) is 5.75 Å². The number of carbonyl (C=O) groups is 2. The average molecular weight is 369 g/mol. The monoisotopic (exact) mass is 369 g/mol. The number of methoxy groups -OCH3 is 2. The number of hydrogen-bond donors (Lipinski definition) is 1.